The molecule has 0 atom stereocenters. The zero-order valence-corrected chi connectivity index (χ0v) is 15.4. The van der Waals surface area contributed by atoms with E-state index in [2.05, 4.69) is 41.0 Å². The number of amides is 1. The maximum atomic E-state index is 13.5. The van der Waals surface area contributed by atoms with Gasteiger partial charge in [-0.3, -0.25) is 4.79 Å². The third-order valence-corrected chi connectivity index (χ3v) is 7.43. The predicted octanol–water partition coefficient (Wildman–Crippen LogP) is 3.86. The smallest absolute Gasteiger partial charge is 0.228 e. The molecule has 4 aliphatic carbocycles. The fourth-order valence-electron chi connectivity index (χ4n) is 6.70. The summed E-state index contributed by atoms with van der Waals surface area (Å²) < 4.78 is 0. The molecule has 4 bridgehead atoms. The van der Waals surface area contributed by atoms with E-state index in [1.165, 1.54) is 49.8 Å². The first-order valence-corrected chi connectivity index (χ1v) is 10.2. The largest absolute Gasteiger partial charge is 0.368 e. The van der Waals surface area contributed by atoms with Crippen LogP contribution in [0.2, 0.25) is 0 Å². The van der Waals surface area contributed by atoms with Crippen LogP contribution in [-0.4, -0.2) is 37.0 Å². The van der Waals surface area contributed by atoms with Crippen LogP contribution in [-0.2, 0) is 4.79 Å². The molecule has 0 spiro atoms. The fourth-order valence-corrected chi connectivity index (χ4v) is 6.70. The summed E-state index contributed by atoms with van der Waals surface area (Å²) in [6.07, 6.45) is 7.80. The number of anilines is 1. The number of carbonyl (C=O) groups excluding carboxylic acids is 1. The fraction of sp³-hybridized carbons (Fsp3) is 0.682. The number of hydrogen-bond acceptors (Lipinski definition) is 2. The van der Waals surface area contributed by atoms with Gasteiger partial charge < -0.3 is 9.80 Å². The van der Waals surface area contributed by atoms with Crippen molar-refractivity contribution in [3.05, 3.63) is 29.8 Å². The molecule has 1 aromatic carbocycles. The van der Waals surface area contributed by atoms with Crippen LogP contribution in [0.4, 0.5) is 5.69 Å². The lowest BCUT2D eigenvalue weighted by Gasteiger charge is -2.57. The Morgan fingerprint density at radius 1 is 0.960 bits per heavy atom. The molecule has 3 heteroatoms. The Morgan fingerprint density at radius 2 is 1.56 bits per heavy atom. The average Bonchev–Trinajstić information content (AvgIpc) is 2.60. The number of aryl methyl sites for hydroxylation is 1. The topological polar surface area (TPSA) is 23.6 Å². The monoisotopic (exact) mass is 338 g/mol. The van der Waals surface area contributed by atoms with Gasteiger partial charge in [-0.1, -0.05) is 12.1 Å². The highest BCUT2D eigenvalue weighted by molar-refractivity contribution is 5.83. The zero-order valence-electron chi connectivity index (χ0n) is 15.4. The van der Waals surface area contributed by atoms with Gasteiger partial charge in [0.1, 0.15) is 0 Å². The van der Waals surface area contributed by atoms with E-state index in [4.69, 9.17) is 0 Å². The van der Waals surface area contributed by atoms with Gasteiger partial charge in [0.25, 0.3) is 0 Å². The van der Waals surface area contributed by atoms with Crippen molar-refractivity contribution in [2.24, 2.45) is 23.2 Å². The third kappa shape index (κ3) is 2.67. The Labute approximate surface area is 151 Å². The minimum Gasteiger partial charge on any atom is -0.368 e. The Bertz CT molecular complexity index is 639. The first-order valence-electron chi connectivity index (χ1n) is 10.2. The molecule has 5 aliphatic rings. The molecular formula is C22H30N2O. The van der Waals surface area contributed by atoms with Gasteiger partial charge in [0.05, 0.1) is 5.41 Å². The summed E-state index contributed by atoms with van der Waals surface area (Å²) in [5, 5.41) is 0. The van der Waals surface area contributed by atoms with Crippen molar-refractivity contribution in [3.63, 3.8) is 0 Å². The molecule has 1 saturated heterocycles. The standard InChI is InChI=1S/C22H30N2O/c1-16-3-2-4-20(9-16)23-5-7-24(8-6-23)21(25)22-13-17-10-18(14-22)12-19(11-17)15-22/h2-4,9,17-19H,5-8,10-15H2,1H3. The molecular weight excluding hydrogens is 308 g/mol. The summed E-state index contributed by atoms with van der Waals surface area (Å²) in [5.74, 6) is 3.06. The van der Waals surface area contributed by atoms with Crippen LogP contribution >= 0.6 is 0 Å². The predicted molar refractivity (Wildman–Crippen MR) is 101 cm³/mol. The summed E-state index contributed by atoms with van der Waals surface area (Å²) in [4.78, 5) is 18.1. The molecule has 0 aromatic heterocycles. The zero-order chi connectivity index (χ0) is 17.0. The van der Waals surface area contributed by atoms with Gasteiger partial charge in [0.15, 0.2) is 0 Å². The van der Waals surface area contributed by atoms with Crippen LogP contribution in [0, 0.1) is 30.1 Å². The first kappa shape index (κ1) is 15.7. The van der Waals surface area contributed by atoms with Gasteiger partial charge in [0, 0.05) is 31.9 Å². The second-order valence-electron chi connectivity index (χ2n) is 9.32. The van der Waals surface area contributed by atoms with Crippen molar-refractivity contribution in [1.82, 2.24) is 4.90 Å². The number of hydrogen-bond donors (Lipinski definition) is 0. The maximum Gasteiger partial charge on any atom is 0.228 e. The molecule has 25 heavy (non-hydrogen) atoms. The molecule has 6 rings (SSSR count). The number of benzene rings is 1. The molecule has 1 amide bonds. The quantitative estimate of drug-likeness (QED) is 0.817. The highest BCUT2D eigenvalue weighted by atomic mass is 16.2. The lowest BCUT2D eigenvalue weighted by Crippen LogP contribution is -2.58. The summed E-state index contributed by atoms with van der Waals surface area (Å²) in [5.41, 5.74) is 2.65. The minimum absolute atomic E-state index is 0.0280. The number of nitrogens with zero attached hydrogens (tertiary/aromatic N) is 2. The van der Waals surface area contributed by atoms with Crippen LogP contribution in [0.3, 0.4) is 0 Å². The van der Waals surface area contributed by atoms with Crippen LogP contribution in [0.25, 0.3) is 0 Å². The van der Waals surface area contributed by atoms with Crippen molar-refractivity contribution in [1.29, 1.82) is 0 Å². The molecule has 0 unspecified atom stereocenters. The highest BCUT2D eigenvalue weighted by Gasteiger charge is 2.55. The molecule has 1 aromatic rings. The van der Waals surface area contributed by atoms with Gasteiger partial charge in [-0.15, -0.1) is 0 Å². The average molecular weight is 338 g/mol. The van der Waals surface area contributed by atoms with Gasteiger partial charge >= 0.3 is 0 Å². The Hall–Kier alpha value is -1.51. The Morgan fingerprint density at radius 3 is 2.12 bits per heavy atom. The summed E-state index contributed by atoms with van der Waals surface area (Å²) >= 11 is 0. The number of rotatable bonds is 2. The normalized spacial score (nSPS) is 36.8. The molecule has 4 saturated carbocycles. The number of carbonyl (C=O) groups is 1. The molecule has 1 heterocycles. The van der Waals surface area contributed by atoms with E-state index in [1.54, 1.807) is 0 Å². The van der Waals surface area contributed by atoms with Crippen LogP contribution in [0.1, 0.15) is 44.1 Å². The molecule has 134 valence electrons. The summed E-state index contributed by atoms with van der Waals surface area (Å²) in [7, 11) is 0. The van der Waals surface area contributed by atoms with Crippen molar-refractivity contribution in [2.45, 2.75) is 45.4 Å². The minimum atomic E-state index is 0.0280. The summed E-state index contributed by atoms with van der Waals surface area (Å²) in [6, 6.07) is 8.74. The molecule has 5 fully saturated rings. The Kier molecular flexibility index (Phi) is 3.62. The Balaban J connectivity index is 1.27. The van der Waals surface area contributed by atoms with Crippen molar-refractivity contribution >= 4 is 11.6 Å². The number of piperazine rings is 1. The van der Waals surface area contributed by atoms with Gasteiger partial charge in [-0.25, -0.2) is 0 Å². The lowest BCUT2D eigenvalue weighted by atomic mass is 9.49. The molecule has 0 N–H and O–H groups in total. The van der Waals surface area contributed by atoms with E-state index in [0.29, 0.717) is 5.91 Å². The van der Waals surface area contributed by atoms with Crippen LogP contribution in [0.5, 0.6) is 0 Å². The van der Waals surface area contributed by atoms with Crippen LogP contribution in [0.15, 0.2) is 24.3 Å². The molecule has 0 radical (unpaired) electrons. The first-order chi connectivity index (χ1) is 12.1. The van der Waals surface area contributed by atoms with Gasteiger partial charge in [-0.05, 0) is 80.9 Å². The second kappa shape index (κ2) is 5.75. The van der Waals surface area contributed by atoms with E-state index >= 15 is 0 Å². The van der Waals surface area contributed by atoms with E-state index in [0.717, 1.165) is 43.9 Å². The van der Waals surface area contributed by atoms with E-state index in [-0.39, 0.29) is 5.41 Å². The van der Waals surface area contributed by atoms with E-state index in [1.807, 2.05) is 0 Å². The maximum absolute atomic E-state index is 13.5. The van der Waals surface area contributed by atoms with Gasteiger partial charge in [-0.2, -0.15) is 0 Å². The lowest BCUT2D eigenvalue weighted by molar-refractivity contribution is -0.158. The van der Waals surface area contributed by atoms with Crippen molar-refractivity contribution in [3.8, 4) is 0 Å². The third-order valence-electron chi connectivity index (χ3n) is 7.43. The van der Waals surface area contributed by atoms with Gasteiger partial charge in [0.2, 0.25) is 5.91 Å². The molecule has 3 nitrogen and oxygen atoms in total. The molecule has 1 aliphatic heterocycles. The van der Waals surface area contributed by atoms with Crippen molar-refractivity contribution < 1.29 is 4.79 Å². The van der Waals surface area contributed by atoms with Crippen molar-refractivity contribution in [2.75, 3.05) is 31.1 Å². The SMILES string of the molecule is Cc1cccc(N2CCN(C(=O)C34CC5CC(CC(C5)C3)C4)CC2)c1. The highest BCUT2D eigenvalue weighted by Crippen LogP contribution is 2.60. The second-order valence-corrected chi connectivity index (χ2v) is 9.32. The summed E-state index contributed by atoms with van der Waals surface area (Å²) in [6.45, 7) is 5.89. The van der Waals surface area contributed by atoms with E-state index in [9.17, 15) is 4.79 Å². The van der Waals surface area contributed by atoms with E-state index < -0.39 is 0 Å². The van der Waals surface area contributed by atoms with Crippen LogP contribution < -0.4 is 4.90 Å².